The van der Waals surface area contributed by atoms with Gasteiger partial charge in [-0.05, 0) is 32.3 Å². The van der Waals surface area contributed by atoms with Gasteiger partial charge in [0.05, 0.1) is 11.1 Å². The van der Waals surface area contributed by atoms with E-state index in [4.69, 9.17) is 0 Å². The quantitative estimate of drug-likeness (QED) is 0.665. The van der Waals surface area contributed by atoms with Crippen molar-refractivity contribution in [2.75, 3.05) is 27.2 Å². The second kappa shape index (κ2) is 6.90. The van der Waals surface area contributed by atoms with E-state index in [1.807, 2.05) is 19.0 Å². The molecule has 0 unspecified atom stereocenters. The topological polar surface area (TPSA) is 81.2 Å². The summed E-state index contributed by atoms with van der Waals surface area (Å²) in [7, 11) is 3.82. The van der Waals surface area contributed by atoms with Gasteiger partial charge in [0.25, 0.3) is 5.91 Å². The first-order valence-corrected chi connectivity index (χ1v) is 7.85. The fourth-order valence-electron chi connectivity index (χ4n) is 2.58. The lowest BCUT2D eigenvalue weighted by Crippen LogP contribution is -2.31. The number of amides is 1. The molecule has 0 radical (unpaired) electrons. The largest absolute Gasteiger partial charge is 0.507 e. The smallest absolute Gasteiger partial charge is 0.255 e. The lowest BCUT2D eigenvalue weighted by molar-refractivity contribution is 0.0948. The summed E-state index contributed by atoms with van der Waals surface area (Å²) in [5, 5.41) is 20.5. The standard InChI is InChI=1S/C18H19FN4O2/c1-23(2)7-6-20-18(25)14-9-13-15(10-16(14)24)21-22-17(13)11-4-3-5-12(19)8-11/h3-5,8-10,24H,6-7H2,1-2H3,(H,20,25)(H,21,22). The lowest BCUT2D eigenvalue weighted by atomic mass is 10.0. The second-order valence-corrected chi connectivity index (χ2v) is 6.06. The van der Waals surface area contributed by atoms with Crippen LogP contribution in [0.1, 0.15) is 10.4 Å². The summed E-state index contributed by atoms with van der Waals surface area (Å²) in [5.41, 5.74) is 1.85. The molecule has 0 bridgehead atoms. The van der Waals surface area contributed by atoms with Gasteiger partial charge in [0, 0.05) is 30.1 Å². The number of hydrogen-bond donors (Lipinski definition) is 3. The van der Waals surface area contributed by atoms with Gasteiger partial charge in [-0.2, -0.15) is 5.10 Å². The first kappa shape index (κ1) is 16.9. The number of benzene rings is 2. The molecule has 7 heteroatoms. The number of carbonyl (C=O) groups excluding carboxylic acids is 1. The number of carbonyl (C=O) groups is 1. The number of likely N-dealkylation sites (N-methyl/N-ethyl adjacent to an activating group) is 1. The van der Waals surface area contributed by atoms with Crippen LogP contribution in [0.3, 0.4) is 0 Å². The zero-order valence-electron chi connectivity index (χ0n) is 14.0. The summed E-state index contributed by atoms with van der Waals surface area (Å²) >= 11 is 0. The zero-order chi connectivity index (χ0) is 18.0. The first-order chi connectivity index (χ1) is 12.0. The number of aromatic amines is 1. The van der Waals surface area contributed by atoms with Crippen molar-refractivity contribution in [3.05, 3.63) is 47.8 Å². The number of rotatable bonds is 5. The van der Waals surface area contributed by atoms with E-state index in [9.17, 15) is 14.3 Å². The Morgan fingerprint density at radius 1 is 1.32 bits per heavy atom. The number of aromatic nitrogens is 2. The number of aromatic hydroxyl groups is 1. The maximum Gasteiger partial charge on any atom is 0.255 e. The average Bonchev–Trinajstić information content (AvgIpc) is 2.96. The Bertz CT molecular complexity index is 921. The monoisotopic (exact) mass is 342 g/mol. The van der Waals surface area contributed by atoms with Gasteiger partial charge in [0.15, 0.2) is 0 Å². The number of fused-ring (bicyclic) bond motifs is 1. The Kier molecular flexibility index (Phi) is 4.67. The number of nitrogens with zero attached hydrogens (tertiary/aromatic N) is 2. The van der Waals surface area contributed by atoms with Crippen LogP contribution in [-0.4, -0.2) is 53.3 Å². The molecular weight excluding hydrogens is 323 g/mol. The molecule has 0 aliphatic heterocycles. The van der Waals surface area contributed by atoms with E-state index in [1.165, 1.54) is 18.2 Å². The Morgan fingerprint density at radius 3 is 2.84 bits per heavy atom. The van der Waals surface area contributed by atoms with Gasteiger partial charge < -0.3 is 15.3 Å². The van der Waals surface area contributed by atoms with Crippen molar-refractivity contribution >= 4 is 16.8 Å². The predicted octanol–water partition coefficient (Wildman–Crippen LogP) is 2.37. The molecule has 3 N–H and O–H groups in total. The minimum atomic E-state index is -0.368. The maximum absolute atomic E-state index is 13.5. The van der Waals surface area contributed by atoms with E-state index < -0.39 is 0 Å². The second-order valence-electron chi connectivity index (χ2n) is 6.06. The number of H-pyrrole nitrogens is 1. The highest BCUT2D eigenvalue weighted by Gasteiger charge is 2.16. The molecule has 1 heterocycles. The molecule has 1 aromatic heterocycles. The third kappa shape index (κ3) is 3.61. The average molecular weight is 342 g/mol. The van der Waals surface area contributed by atoms with Crippen LogP contribution < -0.4 is 5.32 Å². The summed E-state index contributed by atoms with van der Waals surface area (Å²) < 4.78 is 13.5. The molecule has 0 saturated heterocycles. The third-order valence-corrected chi connectivity index (χ3v) is 3.87. The van der Waals surface area contributed by atoms with Crippen molar-refractivity contribution in [1.82, 2.24) is 20.4 Å². The molecule has 0 spiro atoms. The van der Waals surface area contributed by atoms with Gasteiger partial charge in [-0.1, -0.05) is 12.1 Å². The Balaban J connectivity index is 1.97. The SMILES string of the molecule is CN(C)CCNC(=O)c1cc2c(-c3cccc(F)c3)n[nH]c2cc1O. The lowest BCUT2D eigenvalue weighted by Gasteiger charge is -2.11. The minimum absolute atomic E-state index is 0.135. The maximum atomic E-state index is 13.5. The van der Waals surface area contributed by atoms with Crippen LogP contribution in [0.5, 0.6) is 5.75 Å². The van der Waals surface area contributed by atoms with Crippen LogP contribution in [0.2, 0.25) is 0 Å². The van der Waals surface area contributed by atoms with Gasteiger partial charge in [-0.15, -0.1) is 0 Å². The molecule has 0 saturated carbocycles. The van der Waals surface area contributed by atoms with Crippen LogP contribution in [0.25, 0.3) is 22.2 Å². The summed E-state index contributed by atoms with van der Waals surface area (Å²) in [6, 6.07) is 9.08. The van der Waals surface area contributed by atoms with E-state index >= 15 is 0 Å². The van der Waals surface area contributed by atoms with Crippen molar-refractivity contribution in [2.45, 2.75) is 0 Å². The highest BCUT2D eigenvalue weighted by Crippen LogP contribution is 2.31. The van der Waals surface area contributed by atoms with Gasteiger partial charge in [-0.25, -0.2) is 4.39 Å². The van der Waals surface area contributed by atoms with Crippen molar-refractivity contribution in [2.24, 2.45) is 0 Å². The van der Waals surface area contributed by atoms with Gasteiger partial charge in [0.2, 0.25) is 0 Å². The molecule has 1 amide bonds. The van der Waals surface area contributed by atoms with E-state index in [2.05, 4.69) is 15.5 Å². The van der Waals surface area contributed by atoms with Crippen molar-refractivity contribution in [3.63, 3.8) is 0 Å². The molecule has 2 aromatic carbocycles. The first-order valence-electron chi connectivity index (χ1n) is 7.85. The predicted molar refractivity (Wildman–Crippen MR) is 94.0 cm³/mol. The summed E-state index contributed by atoms with van der Waals surface area (Å²) in [6.45, 7) is 1.15. The van der Waals surface area contributed by atoms with Crippen LogP contribution in [-0.2, 0) is 0 Å². The molecular formula is C18H19FN4O2. The molecule has 6 nitrogen and oxygen atoms in total. The number of hydrogen-bond acceptors (Lipinski definition) is 4. The highest BCUT2D eigenvalue weighted by molar-refractivity contribution is 6.03. The molecule has 0 fully saturated rings. The number of nitrogens with one attached hydrogen (secondary N) is 2. The fourth-order valence-corrected chi connectivity index (χ4v) is 2.58. The van der Waals surface area contributed by atoms with Crippen molar-refractivity contribution in [1.29, 1.82) is 0 Å². The highest BCUT2D eigenvalue weighted by atomic mass is 19.1. The van der Waals surface area contributed by atoms with Gasteiger partial charge >= 0.3 is 0 Å². The van der Waals surface area contributed by atoms with Crippen molar-refractivity contribution < 1.29 is 14.3 Å². The number of phenols is 1. The van der Waals surface area contributed by atoms with Crippen LogP contribution in [0.4, 0.5) is 4.39 Å². The van der Waals surface area contributed by atoms with E-state index in [-0.39, 0.29) is 23.0 Å². The number of halogens is 1. The Morgan fingerprint density at radius 2 is 2.12 bits per heavy atom. The van der Waals surface area contributed by atoms with E-state index in [0.717, 1.165) is 0 Å². The summed E-state index contributed by atoms with van der Waals surface area (Å²) in [5.74, 6) is -0.869. The van der Waals surface area contributed by atoms with Crippen molar-refractivity contribution in [3.8, 4) is 17.0 Å². The molecule has 25 heavy (non-hydrogen) atoms. The molecule has 130 valence electrons. The van der Waals surface area contributed by atoms with E-state index in [0.29, 0.717) is 35.2 Å². The van der Waals surface area contributed by atoms with Crippen LogP contribution >= 0.6 is 0 Å². The van der Waals surface area contributed by atoms with Gasteiger partial charge in [0.1, 0.15) is 17.3 Å². The van der Waals surface area contributed by atoms with E-state index in [1.54, 1.807) is 18.2 Å². The van der Waals surface area contributed by atoms with Crippen LogP contribution in [0, 0.1) is 5.82 Å². The zero-order valence-corrected chi connectivity index (χ0v) is 14.0. The molecule has 3 rings (SSSR count). The minimum Gasteiger partial charge on any atom is -0.507 e. The molecule has 0 aliphatic carbocycles. The summed E-state index contributed by atoms with van der Waals surface area (Å²) in [6.07, 6.45) is 0. The third-order valence-electron chi connectivity index (χ3n) is 3.87. The Labute approximate surface area is 144 Å². The molecule has 0 atom stereocenters. The fraction of sp³-hybridized carbons (Fsp3) is 0.222. The normalized spacial score (nSPS) is 11.2. The summed E-state index contributed by atoms with van der Waals surface area (Å²) in [4.78, 5) is 14.3. The molecule has 0 aliphatic rings. The van der Waals surface area contributed by atoms with Gasteiger partial charge in [-0.3, -0.25) is 9.89 Å². The van der Waals surface area contributed by atoms with Crippen LogP contribution in [0.15, 0.2) is 36.4 Å². The number of phenolic OH excluding ortho intramolecular Hbond substituents is 1. The Hall–Kier alpha value is -2.93. The molecule has 3 aromatic rings.